The number of halogens is 1. The van der Waals surface area contributed by atoms with Gasteiger partial charge in [0, 0.05) is 11.6 Å². The topological polar surface area (TPSA) is 52.1 Å². The third kappa shape index (κ3) is 2.60. The molecular formula is C12H9ClN2O2. The molecule has 0 fully saturated rings. The van der Waals surface area contributed by atoms with Crippen LogP contribution in [-0.4, -0.2) is 23.0 Å². The Morgan fingerprint density at radius 1 is 1.24 bits per heavy atom. The van der Waals surface area contributed by atoms with E-state index in [9.17, 15) is 4.79 Å². The highest BCUT2D eigenvalue weighted by Crippen LogP contribution is 2.17. The fraction of sp³-hybridized carbons (Fsp3) is 0.0833. The van der Waals surface area contributed by atoms with Crippen LogP contribution in [-0.2, 0) is 4.74 Å². The zero-order valence-corrected chi connectivity index (χ0v) is 9.81. The molecule has 4 nitrogen and oxygen atoms in total. The van der Waals surface area contributed by atoms with Crippen molar-refractivity contribution in [3.05, 3.63) is 47.2 Å². The SMILES string of the molecule is COC(=O)c1cc(Cl)nc(-c2ccccc2)n1. The number of ether oxygens (including phenoxy) is 1. The Bertz CT molecular complexity index is 543. The molecule has 0 aliphatic rings. The summed E-state index contributed by atoms with van der Waals surface area (Å²) >= 11 is 5.84. The number of aromatic nitrogens is 2. The Balaban J connectivity index is 2.49. The van der Waals surface area contributed by atoms with Crippen LogP contribution in [0.2, 0.25) is 5.15 Å². The molecule has 2 rings (SSSR count). The van der Waals surface area contributed by atoms with Crippen molar-refractivity contribution in [2.24, 2.45) is 0 Å². The Morgan fingerprint density at radius 2 is 1.94 bits per heavy atom. The predicted octanol–water partition coefficient (Wildman–Crippen LogP) is 2.58. The second-order valence-corrected chi connectivity index (χ2v) is 3.64. The Labute approximate surface area is 103 Å². The second-order valence-electron chi connectivity index (χ2n) is 3.26. The molecule has 1 heterocycles. The van der Waals surface area contributed by atoms with Crippen molar-refractivity contribution >= 4 is 17.6 Å². The molecule has 1 aromatic carbocycles. The van der Waals surface area contributed by atoms with Gasteiger partial charge in [0.15, 0.2) is 11.5 Å². The number of hydrogen-bond donors (Lipinski definition) is 0. The third-order valence-corrected chi connectivity index (χ3v) is 2.32. The molecule has 86 valence electrons. The minimum absolute atomic E-state index is 0.145. The molecule has 0 atom stereocenters. The number of hydrogen-bond acceptors (Lipinski definition) is 4. The van der Waals surface area contributed by atoms with Gasteiger partial charge in [-0.1, -0.05) is 41.9 Å². The van der Waals surface area contributed by atoms with E-state index in [0.717, 1.165) is 5.56 Å². The van der Waals surface area contributed by atoms with Crippen molar-refractivity contribution in [2.45, 2.75) is 0 Å². The van der Waals surface area contributed by atoms with Crippen molar-refractivity contribution in [1.29, 1.82) is 0 Å². The first kappa shape index (κ1) is 11.5. The normalized spacial score (nSPS) is 10.0. The van der Waals surface area contributed by atoms with E-state index in [-0.39, 0.29) is 10.8 Å². The lowest BCUT2D eigenvalue weighted by atomic mass is 10.2. The number of esters is 1. The van der Waals surface area contributed by atoms with E-state index in [1.807, 2.05) is 30.3 Å². The summed E-state index contributed by atoms with van der Waals surface area (Å²) < 4.78 is 4.59. The molecule has 0 unspecified atom stereocenters. The molecular weight excluding hydrogens is 240 g/mol. The molecule has 2 aromatic rings. The molecule has 0 bridgehead atoms. The Hall–Kier alpha value is -1.94. The van der Waals surface area contributed by atoms with Crippen LogP contribution in [0, 0.1) is 0 Å². The quantitative estimate of drug-likeness (QED) is 0.606. The van der Waals surface area contributed by atoms with Crippen LogP contribution in [0.15, 0.2) is 36.4 Å². The number of rotatable bonds is 2. The summed E-state index contributed by atoms with van der Waals surface area (Å²) in [6.45, 7) is 0. The highest BCUT2D eigenvalue weighted by Gasteiger charge is 2.12. The van der Waals surface area contributed by atoms with Gasteiger partial charge in [0.25, 0.3) is 0 Å². The number of benzene rings is 1. The number of carbonyl (C=O) groups is 1. The van der Waals surface area contributed by atoms with Gasteiger partial charge in [0.05, 0.1) is 7.11 Å². The summed E-state index contributed by atoms with van der Waals surface area (Å²) in [5, 5.41) is 0.208. The predicted molar refractivity (Wildman–Crippen MR) is 63.8 cm³/mol. The van der Waals surface area contributed by atoms with E-state index in [0.29, 0.717) is 5.82 Å². The highest BCUT2D eigenvalue weighted by atomic mass is 35.5. The van der Waals surface area contributed by atoms with E-state index in [4.69, 9.17) is 11.6 Å². The number of carbonyl (C=O) groups excluding carboxylic acids is 1. The minimum Gasteiger partial charge on any atom is -0.464 e. The maximum Gasteiger partial charge on any atom is 0.356 e. The van der Waals surface area contributed by atoms with Gasteiger partial charge in [-0.15, -0.1) is 0 Å². The first-order valence-electron chi connectivity index (χ1n) is 4.89. The van der Waals surface area contributed by atoms with E-state index >= 15 is 0 Å². The molecule has 17 heavy (non-hydrogen) atoms. The van der Waals surface area contributed by atoms with E-state index < -0.39 is 5.97 Å². The second kappa shape index (κ2) is 4.93. The monoisotopic (exact) mass is 248 g/mol. The summed E-state index contributed by atoms with van der Waals surface area (Å²) in [6, 6.07) is 10.7. The van der Waals surface area contributed by atoms with Gasteiger partial charge < -0.3 is 4.74 Å². The van der Waals surface area contributed by atoms with Crippen LogP contribution in [0.25, 0.3) is 11.4 Å². The fourth-order valence-electron chi connectivity index (χ4n) is 1.34. The van der Waals surface area contributed by atoms with Crippen molar-refractivity contribution < 1.29 is 9.53 Å². The first-order chi connectivity index (χ1) is 8.20. The van der Waals surface area contributed by atoms with Crippen LogP contribution in [0.5, 0.6) is 0 Å². The Morgan fingerprint density at radius 3 is 2.59 bits per heavy atom. The summed E-state index contributed by atoms with van der Waals surface area (Å²) in [7, 11) is 1.29. The van der Waals surface area contributed by atoms with Crippen LogP contribution in [0.4, 0.5) is 0 Å². The van der Waals surface area contributed by atoms with Crippen molar-refractivity contribution in [3.63, 3.8) is 0 Å². The molecule has 0 aliphatic heterocycles. The highest BCUT2D eigenvalue weighted by molar-refractivity contribution is 6.29. The third-order valence-electron chi connectivity index (χ3n) is 2.12. The minimum atomic E-state index is -0.536. The summed E-state index contributed by atoms with van der Waals surface area (Å²) in [6.07, 6.45) is 0. The van der Waals surface area contributed by atoms with Crippen LogP contribution >= 0.6 is 11.6 Å². The van der Waals surface area contributed by atoms with Crippen LogP contribution in [0.1, 0.15) is 10.5 Å². The average Bonchev–Trinajstić information content (AvgIpc) is 2.38. The average molecular weight is 249 g/mol. The zero-order valence-electron chi connectivity index (χ0n) is 9.05. The number of nitrogens with zero attached hydrogens (tertiary/aromatic N) is 2. The van der Waals surface area contributed by atoms with E-state index in [1.165, 1.54) is 13.2 Å². The molecule has 0 radical (unpaired) electrons. The van der Waals surface area contributed by atoms with Gasteiger partial charge in [-0.3, -0.25) is 0 Å². The summed E-state index contributed by atoms with van der Waals surface area (Å²) in [4.78, 5) is 19.5. The van der Waals surface area contributed by atoms with Gasteiger partial charge in [0.1, 0.15) is 5.15 Å². The molecule has 5 heteroatoms. The summed E-state index contributed by atoms with van der Waals surface area (Å²) in [5.74, 6) is -0.134. The maximum atomic E-state index is 11.4. The lowest BCUT2D eigenvalue weighted by Crippen LogP contribution is -2.06. The van der Waals surface area contributed by atoms with Gasteiger partial charge in [-0.25, -0.2) is 14.8 Å². The van der Waals surface area contributed by atoms with E-state index in [2.05, 4.69) is 14.7 Å². The molecule has 1 aromatic heterocycles. The Kier molecular flexibility index (Phi) is 3.35. The molecule has 0 aliphatic carbocycles. The van der Waals surface area contributed by atoms with Gasteiger partial charge in [0.2, 0.25) is 0 Å². The lowest BCUT2D eigenvalue weighted by Gasteiger charge is -2.03. The first-order valence-corrected chi connectivity index (χ1v) is 5.27. The molecule has 0 saturated heterocycles. The zero-order chi connectivity index (χ0) is 12.3. The largest absolute Gasteiger partial charge is 0.464 e. The lowest BCUT2D eigenvalue weighted by molar-refractivity contribution is 0.0594. The smallest absolute Gasteiger partial charge is 0.356 e. The standard InChI is InChI=1S/C12H9ClN2O2/c1-17-12(16)9-7-10(13)15-11(14-9)8-5-3-2-4-6-8/h2-7H,1H3. The maximum absolute atomic E-state index is 11.4. The van der Waals surface area contributed by atoms with Gasteiger partial charge in [-0.05, 0) is 0 Å². The van der Waals surface area contributed by atoms with Crippen molar-refractivity contribution in [3.8, 4) is 11.4 Å². The molecule has 0 saturated carbocycles. The fourth-order valence-corrected chi connectivity index (χ4v) is 1.53. The summed E-state index contributed by atoms with van der Waals surface area (Å²) in [5.41, 5.74) is 0.937. The molecule has 0 N–H and O–H groups in total. The molecule has 0 amide bonds. The van der Waals surface area contributed by atoms with Crippen LogP contribution < -0.4 is 0 Å². The van der Waals surface area contributed by atoms with Crippen LogP contribution in [0.3, 0.4) is 0 Å². The number of methoxy groups -OCH3 is 1. The van der Waals surface area contributed by atoms with Gasteiger partial charge >= 0.3 is 5.97 Å². The van der Waals surface area contributed by atoms with Gasteiger partial charge in [-0.2, -0.15) is 0 Å². The van der Waals surface area contributed by atoms with Crippen molar-refractivity contribution in [1.82, 2.24) is 9.97 Å². The van der Waals surface area contributed by atoms with Crippen molar-refractivity contribution in [2.75, 3.05) is 7.11 Å². The molecule has 0 spiro atoms. The van der Waals surface area contributed by atoms with E-state index in [1.54, 1.807) is 0 Å².